The highest BCUT2D eigenvalue weighted by molar-refractivity contribution is 9.10. The fraction of sp³-hybridized carbons (Fsp3) is 0.286. The third-order valence-electron chi connectivity index (χ3n) is 3.76. The molecule has 1 atom stereocenters. The number of nitrogens with zero attached hydrogens (tertiary/aromatic N) is 4. The van der Waals surface area contributed by atoms with Crippen LogP contribution in [0.5, 0.6) is 0 Å². The number of benzene rings is 1. The predicted octanol–water partition coefficient (Wildman–Crippen LogP) is 1.60. The van der Waals surface area contributed by atoms with Crippen LogP contribution in [0.4, 0.5) is 4.39 Å². The molecule has 0 radical (unpaired) electrons. The fourth-order valence-corrected chi connectivity index (χ4v) is 3.08. The van der Waals surface area contributed by atoms with Crippen molar-refractivity contribution in [1.82, 2.24) is 19.7 Å². The standard InChI is InChI=1S/C14H12BrFN4O3/c1-7-17-18-12-6-20(11(14(22)23)5-19(7)12)13(21)9-3-2-8(16)4-10(9)15/h2-4,11H,5-6H2,1H3,(H,22,23). The Morgan fingerprint density at radius 1 is 1.39 bits per heavy atom. The molecular formula is C14H12BrFN4O3. The minimum Gasteiger partial charge on any atom is -0.480 e. The van der Waals surface area contributed by atoms with Crippen molar-refractivity contribution in [3.8, 4) is 0 Å². The van der Waals surface area contributed by atoms with Crippen LogP contribution in [-0.4, -0.2) is 42.7 Å². The van der Waals surface area contributed by atoms with E-state index in [1.807, 2.05) is 0 Å². The van der Waals surface area contributed by atoms with Crippen molar-refractivity contribution in [2.45, 2.75) is 26.1 Å². The molecular weight excluding hydrogens is 371 g/mol. The third-order valence-corrected chi connectivity index (χ3v) is 4.42. The largest absolute Gasteiger partial charge is 0.480 e. The quantitative estimate of drug-likeness (QED) is 0.851. The Morgan fingerprint density at radius 3 is 2.78 bits per heavy atom. The van der Waals surface area contributed by atoms with E-state index < -0.39 is 23.7 Å². The second-order valence-electron chi connectivity index (χ2n) is 5.19. The van der Waals surface area contributed by atoms with Gasteiger partial charge in [-0.15, -0.1) is 10.2 Å². The van der Waals surface area contributed by atoms with E-state index in [1.54, 1.807) is 11.5 Å². The van der Waals surface area contributed by atoms with Crippen LogP contribution in [0.1, 0.15) is 22.0 Å². The maximum atomic E-state index is 13.2. The van der Waals surface area contributed by atoms with Gasteiger partial charge in [-0.2, -0.15) is 0 Å². The molecule has 0 aliphatic carbocycles. The number of carboxylic acid groups (broad SMARTS) is 1. The highest BCUT2D eigenvalue weighted by atomic mass is 79.9. The smallest absolute Gasteiger partial charge is 0.328 e. The number of carbonyl (C=O) groups excluding carboxylic acids is 1. The maximum Gasteiger partial charge on any atom is 0.328 e. The van der Waals surface area contributed by atoms with Crippen LogP contribution in [0.15, 0.2) is 22.7 Å². The van der Waals surface area contributed by atoms with Crippen molar-refractivity contribution in [1.29, 1.82) is 0 Å². The number of carboxylic acids is 1. The van der Waals surface area contributed by atoms with Gasteiger partial charge < -0.3 is 14.6 Å². The number of carbonyl (C=O) groups is 2. The molecule has 1 aromatic heterocycles. The van der Waals surface area contributed by atoms with E-state index in [2.05, 4.69) is 26.1 Å². The molecule has 0 saturated heterocycles. The van der Waals surface area contributed by atoms with Crippen LogP contribution in [0.2, 0.25) is 0 Å². The van der Waals surface area contributed by atoms with Crippen LogP contribution >= 0.6 is 15.9 Å². The molecule has 1 unspecified atom stereocenters. The zero-order valence-electron chi connectivity index (χ0n) is 12.0. The number of rotatable bonds is 2. The summed E-state index contributed by atoms with van der Waals surface area (Å²) in [6.45, 7) is 1.83. The molecule has 1 aliphatic heterocycles. The van der Waals surface area contributed by atoms with Crippen LogP contribution in [0.3, 0.4) is 0 Å². The second-order valence-corrected chi connectivity index (χ2v) is 6.04. The van der Waals surface area contributed by atoms with Gasteiger partial charge in [0.1, 0.15) is 17.7 Å². The number of halogens is 2. The highest BCUT2D eigenvalue weighted by Crippen LogP contribution is 2.25. The van der Waals surface area contributed by atoms with Gasteiger partial charge in [-0.3, -0.25) is 4.79 Å². The first kappa shape index (κ1) is 15.6. The SMILES string of the molecule is Cc1nnc2n1CC(C(=O)O)N(C(=O)c1ccc(F)cc1Br)C2. The van der Waals surface area contributed by atoms with Crippen molar-refractivity contribution >= 4 is 27.8 Å². The molecule has 1 N–H and O–H groups in total. The second kappa shape index (κ2) is 5.73. The normalized spacial score (nSPS) is 17.0. The number of amides is 1. The summed E-state index contributed by atoms with van der Waals surface area (Å²) in [6.07, 6.45) is 0. The van der Waals surface area contributed by atoms with Crippen LogP contribution in [0.25, 0.3) is 0 Å². The highest BCUT2D eigenvalue weighted by Gasteiger charge is 2.37. The Kier molecular flexibility index (Phi) is 3.88. The molecule has 2 heterocycles. The zero-order valence-corrected chi connectivity index (χ0v) is 13.6. The van der Waals surface area contributed by atoms with Crippen molar-refractivity contribution in [3.63, 3.8) is 0 Å². The van der Waals surface area contributed by atoms with Crippen LogP contribution in [0, 0.1) is 12.7 Å². The van der Waals surface area contributed by atoms with Gasteiger partial charge >= 0.3 is 5.97 Å². The molecule has 23 heavy (non-hydrogen) atoms. The Morgan fingerprint density at radius 2 is 2.13 bits per heavy atom. The van der Waals surface area contributed by atoms with Gasteiger partial charge in [-0.1, -0.05) is 0 Å². The summed E-state index contributed by atoms with van der Waals surface area (Å²) >= 11 is 3.14. The number of aryl methyl sites for hydroxylation is 1. The van der Waals surface area contributed by atoms with Gasteiger partial charge in [-0.25, -0.2) is 9.18 Å². The van der Waals surface area contributed by atoms with E-state index in [9.17, 15) is 19.1 Å². The average Bonchev–Trinajstić information content (AvgIpc) is 2.86. The molecule has 1 amide bonds. The van der Waals surface area contributed by atoms with Gasteiger partial charge in [0.2, 0.25) is 0 Å². The molecule has 7 nitrogen and oxygen atoms in total. The van der Waals surface area contributed by atoms with E-state index in [1.165, 1.54) is 17.0 Å². The first-order chi connectivity index (χ1) is 10.9. The van der Waals surface area contributed by atoms with Crippen molar-refractivity contribution in [3.05, 3.63) is 45.7 Å². The molecule has 120 valence electrons. The summed E-state index contributed by atoms with van der Waals surface area (Å²) in [4.78, 5) is 25.5. The molecule has 0 saturated carbocycles. The summed E-state index contributed by atoms with van der Waals surface area (Å²) in [5.41, 5.74) is 0.197. The molecule has 0 fully saturated rings. The van der Waals surface area contributed by atoms with Crippen LogP contribution < -0.4 is 0 Å². The lowest BCUT2D eigenvalue weighted by atomic mass is 10.1. The summed E-state index contributed by atoms with van der Waals surface area (Å²) in [6, 6.07) is 2.61. The topological polar surface area (TPSA) is 88.3 Å². The minimum atomic E-state index is -1.12. The number of hydrogen-bond donors (Lipinski definition) is 1. The predicted molar refractivity (Wildman–Crippen MR) is 80.2 cm³/mol. The molecule has 0 spiro atoms. The summed E-state index contributed by atoms with van der Waals surface area (Å²) in [7, 11) is 0. The fourth-order valence-electron chi connectivity index (χ4n) is 2.56. The molecule has 1 aromatic carbocycles. The van der Waals surface area contributed by atoms with Gasteiger partial charge in [-0.05, 0) is 41.1 Å². The van der Waals surface area contributed by atoms with E-state index >= 15 is 0 Å². The Bertz CT molecular complexity index is 807. The lowest BCUT2D eigenvalue weighted by Crippen LogP contribution is -2.50. The van der Waals surface area contributed by atoms with Gasteiger partial charge in [0.25, 0.3) is 5.91 Å². The first-order valence-corrected chi connectivity index (χ1v) is 7.55. The number of fused-ring (bicyclic) bond motifs is 1. The molecule has 1 aliphatic rings. The number of aliphatic carboxylic acids is 1. The average molecular weight is 383 g/mol. The first-order valence-electron chi connectivity index (χ1n) is 6.76. The zero-order chi connectivity index (χ0) is 16.7. The number of hydrogen-bond acceptors (Lipinski definition) is 4. The third kappa shape index (κ3) is 2.72. The lowest BCUT2D eigenvalue weighted by Gasteiger charge is -2.33. The van der Waals surface area contributed by atoms with E-state index in [0.717, 1.165) is 6.07 Å². The number of aromatic nitrogens is 3. The van der Waals surface area contributed by atoms with Crippen molar-refractivity contribution in [2.75, 3.05) is 0 Å². The van der Waals surface area contributed by atoms with Gasteiger partial charge in [0.05, 0.1) is 18.7 Å². The van der Waals surface area contributed by atoms with E-state index in [4.69, 9.17) is 0 Å². The summed E-state index contributed by atoms with van der Waals surface area (Å²) < 4.78 is 15.1. The minimum absolute atomic E-state index is 0.0282. The van der Waals surface area contributed by atoms with Gasteiger partial charge in [0, 0.05) is 4.47 Å². The molecule has 3 rings (SSSR count). The molecule has 2 aromatic rings. The van der Waals surface area contributed by atoms with Crippen molar-refractivity contribution < 1.29 is 19.1 Å². The summed E-state index contributed by atoms with van der Waals surface area (Å²) in [5.74, 6) is -0.989. The molecule has 9 heteroatoms. The molecule has 0 bridgehead atoms. The van der Waals surface area contributed by atoms with Crippen LogP contribution in [-0.2, 0) is 17.9 Å². The van der Waals surface area contributed by atoms with Crippen molar-refractivity contribution in [2.24, 2.45) is 0 Å². The van der Waals surface area contributed by atoms with E-state index in [-0.39, 0.29) is 23.1 Å². The Balaban J connectivity index is 1.99. The Hall–Kier alpha value is -2.29. The summed E-state index contributed by atoms with van der Waals surface area (Å²) in [5, 5.41) is 17.3. The van der Waals surface area contributed by atoms with E-state index in [0.29, 0.717) is 11.6 Å². The Labute approximate surface area is 138 Å². The lowest BCUT2D eigenvalue weighted by molar-refractivity contribution is -0.143. The monoisotopic (exact) mass is 382 g/mol. The van der Waals surface area contributed by atoms with Gasteiger partial charge in [0.15, 0.2) is 5.82 Å². The maximum absolute atomic E-state index is 13.2.